The van der Waals surface area contributed by atoms with Gasteiger partial charge in [0.25, 0.3) is 0 Å². The molecule has 3 nitrogen and oxygen atoms in total. The van der Waals surface area contributed by atoms with Gasteiger partial charge in [-0.2, -0.15) is 0 Å². The normalized spacial score (nSPS) is 16.9. The van der Waals surface area contributed by atoms with E-state index in [0.29, 0.717) is 5.15 Å². The Morgan fingerprint density at radius 1 is 1.44 bits per heavy atom. The average molecular weight is 261 g/mol. The number of hydrogen-bond acceptors (Lipinski definition) is 3. The van der Waals surface area contributed by atoms with E-state index in [-0.39, 0.29) is 5.92 Å². The summed E-state index contributed by atoms with van der Waals surface area (Å²) in [5.41, 5.74) is -0.497. The fourth-order valence-corrected chi connectivity index (χ4v) is 2.04. The first kappa shape index (κ1) is 13.4. The topological polar surface area (TPSA) is 42.3 Å². The Labute approximate surface area is 105 Å². The zero-order chi connectivity index (χ0) is 12.3. The summed E-state index contributed by atoms with van der Waals surface area (Å²) >= 11 is 11.7. The summed E-state index contributed by atoms with van der Waals surface area (Å²) in [4.78, 5) is 14.7. The second-order valence-corrected chi connectivity index (χ2v) is 5.05. The van der Waals surface area contributed by atoms with E-state index in [1.54, 1.807) is 12.3 Å². The molecule has 0 saturated heterocycles. The highest BCUT2D eigenvalue weighted by molar-refractivity contribution is 6.29. The van der Waals surface area contributed by atoms with Crippen molar-refractivity contribution in [3.63, 3.8) is 0 Å². The predicted molar refractivity (Wildman–Crippen MR) is 66.9 cm³/mol. The Morgan fingerprint density at radius 2 is 2.06 bits per heavy atom. The van der Waals surface area contributed by atoms with Crippen LogP contribution in [0.5, 0.6) is 0 Å². The van der Waals surface area contributed by atoms with Crippen molar-refractivity contribution in [3.05, 3.63) is 34.0 Å². The number of rotatable bonds is 4. The lowest BCUT2D eigenvalue weighted by Gasteiger charge is -2.34. The molecule has 0 aromatic carbocycles. The molecule has 88 valence electrons. The molecule has 0 aliphatic heterocycles. The lowest BCUT2D eigenvalue weighted by Crippen LogP contribution is -2.37. The third kappa shape index (κ3) is 2.36. The molecule has 0 radical (unpaired) electrons. The smallest absolute Gasteiger partial charge is 0.175 e. The largest absolute Gasteiger partial charge is 0.244 e. The van der Waals surface area contributed by atoms with E-state index < -0.39 is 10.9 Å². The number of alkyl halides is 1. The standard InChI is InChI=1S/C11H14Cl2N2O/c1-7(2)11(3,10(13)15-16)8-4-5-9(12)14-6-8/h4-7,10H,1-3H3. The Morgan fingerprint density at radius 3 is 2.44 bits per heavy atom. The third-order valence-corrected chi connectivity index (χ3v) is 3.89. The Bertz CT molecular complexity index is 367. The van der Waals surface area contributed by atoms with Crippen LogP contribution in [0.3, 0.4) is 0 Å². The van der Waals surface area contributed by atoms with Gasteiger partial charge in [-0.1, -0.05) is 50.0 Å². The van der Waals surface area contributed by atoms with Gasteiger partial charge in [-0.05, 0) is 22.7 Å². The maximum atomic E-state index is 10.7. The molecule has 1 aromatic heterocycles. The van der Waals surface area contributed by atoms with Crippen LogP contribution in [0.1, 0.15) is 26.3 Å². The lowest BCUT2D eigenvalue weighted by atomic mass is 9.74. The van der Waals surface area contributed by atoms with Crippen LogP contribution in [0.15, 0.2) is 23.5 Å². The molecule has 0 amide bonds. The minimum Gasteiger partial charge on any atom is -0.244 e. The van der Waals surface area contributed by atoms with Gasteiger partial charge in [0.1, 0.15) is 5.15 Å². The van der Waals surface area contributed by atoms with Crippen LogP contribution in [0.4, 0.5) is 0 Å². The number of aromatic nitrogens is 1. The molecule has 1 heterocycles. The van der Waals surface area contributed by atoms with Crippen LogP contribution in [0.2, 0.25) is 5.15 Å². The first-order valence-electron chi connectivity index (χ1n) is 5.01. The molecule has 0 fully saturated rings. The fourth-order valence-electron chi connectivity index (χ4n) is 1.55. The van der Waals surface area contributed by atoms with E-state index in [0.717, 1.165) is 5.56 Å². The zero-order valence-electron chi connectivity index (χ0n) is 9.45. The quantitative estimate of drug-likeness (QED) is 0.356. The summed E-state index contributed by atoms with van der Waals surface area (Å²) in [5, 5.41) is 3.35. The van der Waals surface area contributed by atoms with Gasteiger partial charge in [0, 0.05) is 11.6 Å². The van der Waals surface area contributed by atoms with Crippen molar-refractivity contribution < 1.29 is 0 Å². The molecule has 0 spiro atoms. The first-order valence-corrected chi connectivity index (χ1v) is 5.83. The number of nitrogens with zero attached hydrogens (tertiary/aromatic N) is 2. The third-order valence-electron chi connectivity index (χ3n) is 3.14. The van der Waals surface area contributed by atoms with Crippen molar-refractivity contribution in [3.8, 4) is 0 Å². The summed E-state index contributed by atoms with van der Waals surface area (Å²) in [6, 6.07) is 3.52. The van der Waals surface area contributed by atoms with Gasteiger partial charge in [0.2, 0.25) is 0 Å². The molecular weight excluding hydrogens is 247 g/mol. The summed E-state index contributed by atoms with van der Waals surface area (Å²) in [6.07, 6.45) is 1.64. The van der Waals surface area contributed by atoms with Gasteiger partial charge < -0.3 is 0 Å². The maximum Gasteiger partial charge on any atom is 0.175 e. The summed E-state index contributed by atoms with van der Waals surface area (Å²) in [6.45, 7) is 5.89. The second-order valence-electron chi connectivity index (χ2n) is 4.25. The molecule has 0 N–H and O–H groups in total. The monoisotopic (exact) mass is 260 g/mol. The summed E-state index contributed by atoms with van der Waals surface area (Å²) in [5.74, 6) is 0.163. The van der Waals surface area contributed by atoms with E-state index in [1.807, 2.05) is 26.8 Å². The van der Waals surface area contributed by atoms with Crippen molar-refractivity contribution in [2.75, 3.05) is 0 Å². The highest BCUT2D eigenvalue weighted by atomic mass is 35.5. The van der Waals surface area contributed by atoms with Crippen molar-refractivity contribution in [2.24, 2.45) is 11.1 Å². The van der Waals surface area contributed by atoms with Crippen molar-refractivity contribution in [2.45, 2.75) is 31.7 Å². The molecule has 2 unspecified atom stereocenters. The average Bonchev–Trinajstić information content (AvgIpc) is 2.27. The first-order chi connectivity index (χ1) is 7.42. The van der Waals surface area contributed by atoms with Crippen LogP contribution in [-0.2, 0) is 5.41 Å². The SMILES string of the molecule is CC(C)C(C)(c1ccc(Cl)nc1)C(Cl)N=O. The molecule has 16 heavy (non-hydrogen) atoms. The minimum atomic E-state index is -0.824. The Balaban J connectivity index is 3.21. The van der Waals surface area contributed by atoms with E-state index in [1.165, 1.54) is 0 Å². The fraction of sp³-hybridized carbons (Fsp3) is 0.545. The molecule has 2 atom stereocenters. The van der Waals surface area contributed by atoms with E-state index >= 15 is 0 Å². The van der Waals surface area contributed by atoms with Crippen LogP contribution < -0.4 is 0 Å². The van der Waals surface area contributed by atoms with Crippen molar-refractivity contribution in [1.29, 1.82) is 0 Å². The Kier molecular flexibility index (Phi) is 4.28. The van der Waals surface area contributed by atoms with Gasteiger partial charge in [-0.15, -0.1) is 4.91 Å². The van der Waals surface area contributed by atoms with Gasteiger partial charge in [0.15, 0.2) is 5.50 Å². The molecule has 0 aliphatic carbocycles. The molecule has 0 bridgehead atoms. The maximum absolute atomic E-state index is 10.7. The van der Waals surface area contributed by atoms with Gasteiger partial charge in [-0.25, -0.2) is 4.98 Å². The molecule has 0 saturated carbocycles. The van der Waals surface area contributed by atoms with E-state index in [2.05, 4.69) is 10.2 Å². The van der Waals surface area contributed by atoms with Gasteiger partial charge in [-0.3, -0.25) is 0 Å². The molecule has 0 aliphatic rings. The van der Waals surface area contributed by atoms with E-state index in [4.69, 9.17) is 23.2 Å². The number of nitroso groups, excluding NO2 is 1. The molecule has 1 rings (SSSR count). The van der Waals surface area contributed by atoms with Crippen LogP contribution in [0.25, 0.3) is 0 Å². The van der Waals surface area contributed by atoms with Crippen LogP contribution in [-0.4, -0.2) is 10.5 Å². The number of pyridine rings is 1. The Hall–Kier alpha value is -0.670. The summed E-state index contributed by atoms with van der Waals surface area (Å²) < 4.78 is 0. The highest BCUT2D eigenvalue weighted by Gasteiger charge is 2.39. The highest BCUT2D eigenvalue weighted by Crippen LogP contribution is 2.38. The molecule has 1 aromatic rings. The van der Waals surface area contributed by atoms with Crippen molar-refractivity contribution >= 4 is 23.2 Å². The lowest BCUT2D eigenvalue weighted by molar-refractivity contribution is 0.324. The van der Waals surface area contributed by atoms with Crippen LogP contribution >= 0.6 is 23.2 Å². The summed E-state index contributed by atoms with van der Waals surface area (Å²) in [7, 11) is 0. The number of halogens is 2. The van der Waals surface area contributed by atoms with Gasteiger partial charge >= 0.3 is 0 Å². The predicted octanol–water partition coefficient (Wildman–Crippen LogP) is 3.98. The molecular formula is C11H14Cl2N2O. The molecule has 5 heteroatoms. The second kappa shape index (κ2) is 5.11. The number of hydrogen-bond donors (Lipinski definition) is 0. The zero-order valence-corrected chi connectivity index (χ0v) is 11.0. The van der Waals surface area contributed by atoms with Crippen LogP contribution in [0, 0.1) is 10.8 Å². The minimum absolute atomic E-state index is 0.163. The van der Waals surface area contributed by atoms with E-state index in [9.17, 15) is 4.91 Å². The van der Waals surface area contributed by atoms with Gasteiger partial charge in [0.05, 0.1) is 0 Å². The van der Waals surface area contributed by atoms with Crippen molar-refractivity contribution in [1.82, 2.24) is 4.98 Å².